The predicted octanol–water partition coefficient (Wildman–Crippen LogP) is -2.68. The summed E-state index contributed by atoms with van der Waals surface area (Å²) in [5.74, 6) is -2.98. The van der Waals surface area contributed by atoms with Crippen molar-refractivity contribution in [3.8, 4) is 0 Å². The second-order valence-corrected chi connectivity index (χ2v) is 1.46. The van der Waals surface area contributed by atoms with E-state index in [1.165, 1.54) is 0 Å². The van der Waals surface area contributed by atoms with E-state index in [1.54, 1.807) is 0 Å². The Morgan fingerprint density at radius 3 is 1.44 bits per heavy atom. The fourth-order valence-electron chi connectivity index (χ4n) is 0.245. The quantitative estimate of drug-likeness (QED) is 0.230. The van der Waals surface area contributed by atoms with Gasteiger partial charge in [0, 0.05) is 21.7 Å². The fourth-order valence-corrected chi connectivity index (χ4v) is 0.245. The van der Waals surface area contributed by atoms with E-state index in [9.17, 15) is 0 Å². The van der Waals surface area contributed by atoms with Crippen molar-refractivity contribution in [1.29, 1.82) is 0 Å². The molecule has 0 aliphatic rings. The number of aliphatic hydroxyl groups is 5. The molecule has 0 aliphatic heterocycles. The van der Waals surface area contributed by atoms with Crippen LogP contribution in [0.4, 0.5) is 0 Å². The van der Waals surface area contributed by atoms with Gasteiger partial charge in [-0.3, -0.25) is 0 Å². The van der Waals surface area contributed by atoms with E-state index in [2.05, 4.69) is 0 Å². The summed E-state index contributed by atoms with van der Waals surface area (Å²) < 4.78 is 0. The van der Waals surface area contributed by atoms with Gasteiger partial charge in [0.25, 0.3) is 5.97 Å². The van der Waals surface area contributed by atoms with Crippen molar-refractivity contribution in [3.63, 3.8) is 0 Å². The number of aliphatic hydroxyl groups excluding tert-OH is 1. The van der Waals surface area contributed by atoms with Gasteiger partial charge in [-0.15, -0.1) is 0 Å². The monoisotopic (exact) mass is 172 g/mol. The zero-order chi connectivity index (χ0) is 6.78. The minimum absolute atomic E-state index is 0. The largest absolute Gasteiger partial charge is 0.368 e. The van der Waals surface area contributed by atoms with Crippen molar-refractivity contribution in [3.05, 3.63) is 0 Å². The van der Waals surface area contributed by atoms with Crippen molar-refractivity contribution >= 4 is 0 Å². The van der Waals surface area contributed by atoms with E-state index in [0.29, 0.717) is 0 Å². The van der Waals surface area contributed by atoms with Crippen molar-refractivity contribution < 1.29 is 47.3 Å². The van der Waals surface area contributed by atoms with E-state index < -0.39 is 18.7 Å². The third kappa shape index (κ3) is 11.9. The summed E-state index contributed by atoms with van der Waals surface area (Å²) in [4.78, 5) is 0. The Hall–Kier alpha value is 0.514. The van der Waals surface area contributed by atoms with Crippen molar-refractivity contribution in [2.24, 2.45) is 0 Å². The molecule has 5 nitrogen and oxygen atoms in total. The van der Waals surface area contributed by atoms with Gasteiger partial charge in [-0.1, -0.05) is 0 Å². The Morgan fingerprint density at radius 2 is 1.44 bits per heavy atom. The summed E-state index contributed by atoms with van der Waals surface area (Å²) >= 11 is 0. The fraction of sp³-hybridized carbons (Fsp3) is 1.00. The number of rotatable bonds is 2. The van der Waals surface area contributed by atoms with Gasteiger partial charge in [-0.2, -0.15) is 0 Å². The molecule has 0 radical (unpaired) electrons. The molecule has 0 spiro atoms. The smallest absolute Gasteiger partial charge is 0.280 e. The van der Waals surface area contributed by atoms with Gasteiger partial charge in [0.2, 0.25) is 0 Å². The van der Waals surface area contributed by atoms with E-state index in [4.69, 9.17) is 25.5 Å². The van der Waals surface area contributed by atoms with Gasteiger partial charge >= 0.3 is 0 Å². The molecule has 0 aromatic rings. The van der Waals surface area contributed by atoms with Crippen LogP contribution in [-0.4, -0.2) is 37.8 Å². The van der Waals surface area contributed by atoms with Crippen LogP contribution >= 0.6 is 0 Å². The first-order chi connectivity index (χ1) is 3.42. The standard InChI is InChI=1S/C3H8O5.Ti/c4-2(5)1-3(6,7)8;/h2,4-8H,1H2;. The number of hydrogen-bond acceptors (Lipinski definition) is 5. The Balaban J connectivity index is 0. The van der Waals surface area contributed by atoms with Crippen LogP contribution in [0.15, 0.2) is 0 Å². The Morgan fingerprint density at radius 1 is 1.11 bits per heavy atom. The summed E-state index contributed by atoms with van der Waals surface area (Å²) in [5, 5.41) is 39.9. The van der Waals surface area contributed by atoms with E-state index in [1.807, 2.05) is 0 Å². The second kappa shape index (κ2) is 4.35. The predicted molar refractivity (Wildman–Crippen MR) is 22.2 cm³/mol. The minimum Gasteiger partial charge on any atom is -0.368 e. The Kier molecular flexibility index (Phi) is 5.90. The molecular weight excluding hydrogens is 164 g/mol. The SMILES string of the molecule is OC(O)CC(O)(O)O.[Ti]. The van der Waals surface area contributed by atoms with Crippen LogP contribution in [0, 0.1) is 0 Å². The molecular formula is C3H8O5Ti. The van der Waals surface area contributed by atoms with Gasteiger partial charge in [-0.05, 0) is 0 Å². The molecule has 0 saturated heterocycles. The average molecular weight is 172 g/mol. The molecule has 54 valence electrons. The maximum atomic E-state index is 7.98. The molecule has 5 N–H and O–H groups in total. The van der Waals surface area contributed by atoms with E-state index in [-0.39, 0.29) is 21.7 Å². The second-order valence-electron chi connectivity index (χ2n) is 1.46. The molecule has 0 aromatic heterocycles. The first-order valence-electron chi connectivity index (χ1n) is 1.95. The Labute approximate surface area is 66.4 Å². The third-order valence-corrected chi connectivity index (χ3v) is 0.456. The first kappa shape index (κ1) is 12.2. The normalized spacial score (nSPS) is 11.3. The van der Waals surface area contributed by atoms with E-state index >= 15 is 0 Å². The topological polar surface area (TPSA) is 101 Å². The van der Waals surface area contributed by atoms with Gasteiger partial charge in [-0.25, -0.2) is 0 Å². The van der Waals surface area contributed by atoms with Crippen LogP contribution in [0.2, 0.25) is 0 Å². The minimum atomic E-state index is -2.98. The first-order valence-corrected chi connectivity index (χ1v) is 1.95. The number of hydrogen-bond donors (Lipinski definition) is 5. The van der Waals surface area contributed by atoms with Gasteiger partial charge in [0.15, 0.2) is 6.29 Å². The van der Waals surface area contributed by atoms with Crippen molar-refractivity contribution in [2.45, 2.75) is 18.7 Å². The Bertz CT molecular complexity index is 67.1. The summed E-state index contributed by atoms with van der Waals surface area (Å²) in [6.45, 7) is 0. The molecule has 9 heavy (non-hydrogen) atoms. The van der Waals surface area contributed by atoms with Gasteiger partial charge in [0.05, 0.1) is 6.42 Å². The summed E-state index contributed by atoms with van der Waals surface area (Å²) in [5.41, 5.74) is 0. The van der Waals surface area contributed by atoms with Crippen molar-refractivity contribution in [1.82, 2.24) is 0 Å². The van der Waals surface area contributed by atoms with Crippen LogP contribution in [0.3, 0.4) is 0 Å². The molecule has 6 heteroatoms. The van der Waals surface area contributed by atoms with Crippen LogP contribution in [-0.2, 0) is 21.7 Å². The van der Waals surface area contributed by atoms with Gasteiger partial charge < -0.3 is 25.5 Å². The molecule has 0 atom stereocenters. The zero-order valence-electron chi connectivity index (χ0n) is 4.52. The summed E-state index contributed by atoms with van der Waals surface area (Å²) in [6, 6.07) is 0. The molecule has 0 saturated carbocycles. The molecule has 0 fully saturated rings. The molecule has 0 bridgehead atoms. The van der Waals surface area contributed by atoms with Crippen LogP contribution in [0.5, 0.6) is 0 Å². The summed E-state index contributed by atoms with van der Waals surface area (Å²) in [6.07, 6.45) is -2.80. The molecule has 0 aromatic carbocycles. The summed E-state index contributed by atoms with van der Waals surface area (Å²) in [7, 11) is 0. The molecule has 0 rings (SSSR count). The average Bonchev–Trinajstić information content (AvgIpc) is 1.21. The molecule has 0 amide bonds. The molecule has 0 aliphatic carbocycles. The van der Waals surface area contributed by atoms with Crippen LogP contribution < -0.4 is 0 Å². The third-order valence-electron chi connectivity index (χ3n) is 0.456. The maximum Gasteiger partial charge on any atom is 0.280 e. The maximum absolute atomic E-state index is 7.98. The molecule has 0 heterocycles. The van der Waals surface area contributed by atoms with Gasteiger partial charge in [0.1, 0.15) is 0 Å². The zero-order valence-corrected chi connectivity index (χ0v) is 6.08. The van der Waals surface area contributed by atoms with Crippen LogP contribution in [0.1, 0.15) is 6.42 Å². The molecule has 0 unspecified atom stereocenters. The van der Waals surface area contributed by atoms with E-state index in [0.717, 1.165) is 0 Å². The van der Waals surface area contributed by atoms with Crippen LogP contribution in [0.25, 0.3) is 0 Å². The van der Waals surface area contributed by atoms with Crippen molar-refractivity contribution in [2.75, 3.05) is 0 Å².